The molecule has 0 amide bonds. The minimum absolute atomic E-state index is 0.738. The summed E-state index contributed by atoms with van der Waals surface area (Å²) < 4.78 is 0. The maximum Gasteiger partial charge on any atom is 0.00618 e. The van der Waals surface area contributed by atoms with Gasteiger partial charge >= 0.3 is 0 Å². The first-order valence-electron chi connectivity index (χ1n) is 8.25. The molecular weight excluding hydrogens is 220 g/mol. The molecule has 2 nitrogen and oxygen atoms in total. The van der Waals surface area contributed by atoms with E-state index in [9.17, 15) is 0 Å². The minimum Gasteiger partial charge on any atom is -0.314 e. The third-order valence-electron chi connectivity index (χ3n) is 3.94. The van der Waals surface area contributed by atoms with Crippen molar-refractivity contribution in [2.24, 2.45) is 0 Å². The van der Waals surface area contributed by atoms with Crippen LogP contribution in [0, 0.1) is 0 Å². The van der Waals surface area contributed by atoms with Gasteiger partial charge in [-0.05, 0) is 51.6 Å². The van der Waals surface area contributed by atoms with Crippen molar-refractivity contribution in [1.82, 2.24) is 10.6 Å². The second-order valence-corrected chi connectivity index (χ2v) is 5.35. The quantitative estimate of drug-likeness (QED) is 0.485. The number of hydrogen-bond donors (Lipinski definition) is 2. The molecular formula is C16H36N2. The van der Waals surface area contributed by atoms with Gasteiger partial charge in [0.1, 0.15) is 0 Å². The fraction of sp³-hybridized carbons (Fsp3) is 1.00. The standard InChI is InChI=1S/C16H36N2/c1-5-15(6-2)17-13-11-9-10-12-14-18-16(7-3)8-4/h15-18H,5-14H2,1-4H3. The van der Waals surface area contributed by atoms with Crippen molar-refractivity contribution in [2.45, 2.75) is 91.1 Å². The van der Waals surface area contributed by atoms with E-state index in [1.54, 1.807) is 0 Å². The highest BCUT2D eigenvalue weighted by atomic mass is 14.9. The van der Waals surface area contributed by atoms with Crippen LogP contribution in [0.3, 0.4) is 0 Å². The average Bonchev–Trinajstić information content (AvgIpc) is 2.41. The monoisotopic (exact) mass is 256 g/mol. The second-order valence-electron chi connectivity index (χ2n) is 5.35. The molecule has 18 heavy (non-hydrogen) atoms. The zero-order valence-electron chi connectivity index (χ0n) is 13.2. The number of unbranched alkanes of at least 4 members (excludes halogenated alkanes) is 3. The fourth-order valence-electron chi connectivity index (χ4n) is 2.37. The van der Waals surface area contributed by atoms with Gasteiger partial charge in [0.15, 0.2) is 0 Å². The van der Waals surface area contributed by atoms with E-state index in [-0.39, 0.29) is 0 Å². The van der Waals surface area contributed by atoms with Gasteiger partial charge in [-0.15, -0.1) is 0 Å². The molecule has 0 unspecified atom stereocenters. The number of hydrogen-bond acceptors (Lipinski definition) is 2. The van der Waals surface area contributed by atoms with Crippen LogP contribution in [0.5, 0.6) is 0 Å². The Kier molecular flexibility index (Phi) is 13.3. The minimum atomic E-state index is 0.738. The third-order valence-corrected chi connectivity index (χ3v) is 3.94. The molecule has 2 heteroatoms. The van der Waals surface area contributed by atoms with Crippen molar-refractivity contribution in [3.63, 3.8) is 0 Å². The van der Waals surface area contributed by atoms with Gasteiger partial charge in [0.25, 0.3) is 0 Å². The largest absolute Gasteiger partial charge is 0.314 e. The molecule has 110 valence electrons. The van der Waals surface area contributed by atoms with Gasteiger partial charge < -0.3 is 10.6 Å². The van der Waals surface area contributed by atoms with Crippen molar-refractivity contribution in [3.05, 3.63) is 0 Å². The zero-order chi connectivity index (χ0) is 13.6. The molecule has 0 saturated heterocycles. The molecule has 0 atom stereocenters. The van der Waals surface area contributed by atoms with E-state index in [0.29, 0.717) is 0 Å². The van der Waals surface area contributed by atoms with Crippen LogP contribution in [0.25, 0.3) is 0 Å². The van der Waals surface area contributed by atoms with Crippen molar-refractivity contribution in [3.8, 4) is 0 Å². The van der Waals surface area contributed by atoms with Gasteiger partial charge in [0.05, 0.1) is 0 Å². The second kappa shape index (κ2) is 13.4. The first kappa shape index (κ1) is 17.9. The molecule has 0 fully saturated rings. The first-order valence-corrected chi connectivity index (χ1v) is 8.25. The van der Waals surface area contributed by atoms with Gasteiger partial charge in [-0.25, -0.2) is 0 Å². The van der Waals surface area contributed by atoms with Crippen LogP contribution in [0.15, 0.2) is 0 Å². The smallest absolute Gasteiger partial charge is 0.00618 e. The molecule has 0 saturated carbocycles. The molecule has 2 N–H and O–H groups in total. The van der Waals surface area contributed by atoms with Gasteiger partial charge in [0, 0.05) is 12.1 Å². The Bertz CT molecular complexity index is 133. The third kappa shape index (κ3) is 9.90. The van der Waals surface area contributed by atoms with E-state index < -0.39 is 0 Å². The summed E-state index contributed by atoms with van der Waals surface area (Å²) in [6, 6.07) is 1.48. The summed E-state index contributed by atoms with van der Waals surface area (Å²) in [5.74, 6) is 0. The van der Waals surface area contributed by atoms with Gasteiger partial charge in [-0.1, -0.05) is 40.5 Å². The van der Waals surface area contributed by atoms with Crippen LogP contribution in [0.4, 0.5) is 0 Å². The average molecular weight is 256 g/mol. The number of nitrogens with one attached hydrogen (secondary N) is 2. The highest BCUT2D eigenvalue weighted by Crippen LogP contribution is 2.02. The lowest BCUT2D eigenvalue weighted by atomic mass is 10.1. The topological polar surface area (TPSA) is 24.1 Å². The van der Waals surface area contributed by atoms with Crippen molar-refractivity contribution in [1.29, 1.82) is 0 Å². The predicted octanol–water partition coefficient (Wildman–Crippen LogP) is 4.10. The maximum absolute atomic E-state index is 3.63. The Morgan fingerprint density at radius 2 is 0.889 bits per heavy atom. The maximum atomic E-state index is 3.63. The van der Waals surface area contributed by atoms with E-state index in [4.69, 9.17) is 0 Å². The van der Waals surface area contributed by atoms with Crippen LogP contribution >= 0.6 is 0 Å². The fourth-order valence-corrected chi connectivity index (χ4v) is 2.37. The lowest BCUT2D eigenvalue weighted by Crippen LogP contribution is -2.29. The summed E-state index contributed by atoms with van der Waals surface area (Å²) in [7, 11) is 0. The predicted molar refractivity (Wildman–Crippen MR) is 83.2 cm³/mol. The summed E-state index contributed by atoms with van der Waals surface area (Å²) in [4.78, 5) is 0. The molecule has 0 spiro atoms. The molecule has 0 aliphatic rings. The molecule has 0 aromatic rings. The van der Waals surface area contributed by atoms with E-state index in [1.165, 1.54) is 64.5 Å². The highest BCUT2D eigenvalue weighted by molar-refractivity contribution is 4.63. The van der Waals surface area contributed by atoms with Crippen LogP contribution < -0.4 is 10.6 Å². The first-order chi connectivity index (χ1) is 8.78. The van der Waals surface area contributed by atoms with Crippen LogP contribution in [-0.4, -0.2) is 25.2 Å². The van der Waals surface area contributed by atoms with Crippen molar-refractivity contribution in [2.75, 3.05) is 13.1 Å². The van der Waals surface area contributed by atoms with Crippen molar-refractivity contribution >= 4 is 0 Å². The summed E-state index contributed by atoms with van der Waals surface area (Å²) in [6.07, 6.45) is 10.5. The Morgan fingerprint density at radius 3 is 1.17 bits per heavy atom. The van der Waals surface area contributed by atoms with Crippen LogP contribution in [-0.2, 0) is 0 Å². The molecule has 0 aliphatic heterocycles. The van der Waals surface area contributed by atoms with Crippen molar-refractivity contribution < 1.29 is 0 Å². The van der Waals surface area contributed by atoms with Gasteiger partial charge in [0.2, 0.25) is 0 Å². The Labute approximate surface area is 115 Å². The summed E-state index contributed by atoms with van der Waals surface area (Å²) in [5.41, 5.74) is 0. The van der Waals surface area contributed by atoms with E-state index in [2.05, 4.69) is 38.3 Å². The molecule has 0 aromatic carbocycles. The zero-order valence-corrected chi connectivity index (χ0v) is 13.2. The van der Waals surface area contributed by atoms with E-state index in [1.807, 2.05) is 0 Å². The molecule has 0 rings (SSSR count). The Hall–Kier alpha value is -0.0800. The Balaban J connectivity index is 3.21. The molecule has 0 heterocycles. The normalized spacial score (nSPS) is 11.7. The lowest BCUT2D eigenvalue weighted by Gasteiger charge is -2.15. The summed E-state index contributed by atoms with van der Waals surface area (Å²) >= 11 is 0. The van der Waals surface area contributed by atoms with Crippen LogP contribution in [0.1, 0.15) is 79.1 Å². The SMILES string of the molecule is CCC(CC)NCCCCCCNC(CC)CC. The molecule has 0 bridgehead atoms. The Morgan fingerprint density at radius 1 is 0.556 bits per heavy atom. The molecule has 0 radical (unpaired) electrons. The number of rotatable bonds is 13. The van der Waals surface area contributed by atoms with Gasteiger partial charge in [-0.3, -0.25) is 0 Å². The molecule has 0 aromatic heterocycles. The highest BCUT2D eigenvalue weighted by Gasteiger charge is 2.02. The van der Waals surface area contributed by atoms with Crippen LogP contribution in [0.2, 0.25) is 0 Å². The molecule has 0 aliphatic carbocycles. The van der Waals surface area contributed by atoms with E-state index >= 15 is 0 Å². The van der Waals surface area contributed by atoms with Gasteiger partial charge in [-0.2, -0.15) is 0 Å². The summed E-state index contributed by atoms with van der Waals surface area (Å²) in [5, 5.41) is 7.26. The van der Waals surface area contributed by atoms with E-state index in [0.717, 1.165) is 12.1 Å². The summed E-state index contributed by atoms with van der Waals surface area (Å²) in [6.45, 7) is 11.5. The lowest BCUT2D eigenvalue weighted by molar-refractivity contribution is 0.454.